The fraction of sp³-hybridized carbons (Fsp3) is 0.318. The second-order valence-electron chi connectivity index (χ2n) is 6.84. The van der Waals surface area contributed by atoms with Gasteiger partial charge in [-0.05, 0) is 61.7 Å². The molecule has 7 heteroatoms. The molecule has 2 N–H and O–H groups in total. The molecule has 0 aliphatic carbocycles. The Morgan fingerprint density at radius 2 is 1.93 bits per heavy atom. The van der Waals surface area contributed by atoms with Gasteiger partial charge in [-0.3, -0.25) is 10.1 Å². The number of nitrogens with zero attached hydrogens (tertiary/aromatic N) is 1. The van der Waals surface area contributed by atoms with Crippen molar-refractivity contribution in [1.29, 1.82) is 0 Å². The number of carbonyl (C=O) groups excluding carboxylic acids is 2. The number of rotatable bonds is 5. The monoisotopic (exact) mass is 395 g/mol. The molecule has 0 aromatic heterocycles. The average molecular weight is 395 g/mol. The molecule has 7 nitrogen and oxygen atoms in total. The first-order valence-corrected chi connectivity index (χ1v) is 9.54. The molecule has 1 fully saturated rings. The molecule has 0 bridgehead atoms. The lowest BCUT2D eigenvalue weighted by atomic mass is 10.1. The maximum absolute atomic E-state index is 12.7. The van der Waals surface area contributed by atoms with Crippen molar-refractivity contribution in [2.45, 2.75) is 25.9 Å². The first-order valence-electron chi connectivity index (χ1n) is 9.54. The van der Waals surface area contributed by atoms with Crippen LogP contribution in [0.25, 0.3) is 0 Å². The molecule has 1 unspecified atom stereocenters. The Kier molecular flexibility index (Phi) is 6.97. The van der Waals surface area contributed by atoms with Gasteiger partial charge in [0.2, 0.25) is 5.96 Å². The lowest BCUT2D eigenvalue weighted by molar-refractivity contribution is 0.0600. The summed E-state index contributed by atoms with van der Waals surface area (Å²) in [5.74, 6) is -0.419. The van der Waals surface area contributed by atoms with E-state index in [-0.39, 0.29) is 12.0 Å². The second kappa shape index (κ2) is 9.84. The van der Waals surface area contributed by atoms with Crippen molar-refractivity contribution >= 4 is 23.5 Å². The summed E-state index contributed by atoms with van der Waals surface area (Å²) in [6.07, 6.45) is 2.06. The first-order chi connectivity index (χ1) is 14.0. The highest BCUT2D eigenvalue weighted by atomic mass is 16.5. The minimum Gasteiger partial charge on any atom is -0.465 e. The van der Waals surface area contributed by atoms with Gasteiger partial charge in [0.05, 0.1) is 25.3 Å². The van der Waals surface area contributed by atoms with Crippen LogP contribution in [0.1, 0.15) is 39.1 Å². The van der Waals surface area contributed by atoms with Crippen LogP contribution in [0.4, 0.5) is 5.69 Å². The number of methoxy groups -OCH3 is 1. The molecule has 0 radical (unpaired) electrons. The SMILES string of the molecule is COC(=O)c1ccc(C(=O)NC(=NCC2CCCO2)Nc2cccc(C)c2)cc1. The van der Waals surface area contributed by atoms with Gasteiger partial charge in [0.1, 0.15) is 0 Å². The minimum atomic E-state index is -0.447. The third kappa shape index (κ3) is 5.89. The Morgan fingerprint density at radius 1 is 1.17 bits per heavy atom. The van der Waals surface area contributed by atoms with E-state index < -0.39 is 5.97 Å². The van der Waals surface area contributed by atoms with Crippen molar-refractivity contribution in [2.24, 2.45) is 4.99 Å². The van der Waals surface area contributed by atoms with Crippen LogP contribution >= 0.6 is 0 Å². The van der Waals surface area contributed by atoms with Crippen LogP contribution in [0, 0.1) is 6.92 Å². The van der Waals surface area contributed by atoms with Gasteiger partial charge < -0.3 is 14.8 Å². The molecule has 3 rings (SSSR count). The lowest BCUT2D eigenvalue weighted by Crippen LogP contribution is -2.36. The predicted molar refractivity (Wildman–Crippen MR) is 111 cm³/mol. The van der Waals surface area contributed by atoms with Crippen LogP contribution in [0.5, 0.6) is 0 Å². The lowest BCUT2D eigenvalue weighted by Gasteiger charge is -2.14. The van der Waals surface area contributed by atoms with Gasteiger partial charge in [-0.1, -0.05) is 12.1 Å². The normalized spacial score (nSPS) is 16.3. The van der Waals surface area contributed by atoms with E-state index in [2.05, 4.69) is 20.4 Å². The van der Waals surface area contributed by atoms with E-state index in [1.807, 2.05) is 31.2 Å². The zero-order valence-electron chi connectivity index (χ0n) is 16.6. The fourth-order valence-electron chi connectivity index (χ4n) is 3.01. The number of carbonyl (C=O) groups is 2. The van der Waals surface area contributed by atoms with Crippen LogP contribution in [0.3, 0.4) is 0 Å². The summed E-state index contributed by atoms with van der Waals surface area (Å²) in [7, 11) is 1.32. The van der Waals surface area contributed by atoms with Gasteiger partial charge in [-0.25, -0.2) is 9.79 Å². The third-order valence-corrected chi connectivity index (χ3v) is 4.56. The molecule has 152 valence electrons. The van der Waals surface area contributed by atoms with Crippen LogP contribution in [-0.2, 0) is 9.47 Å². The average Bonchev–Trinajstić information content (AvgIpc) is 3.25. The quantitative estimate of drug-likeness (QED) is 0.461. The van der Waals surface area contributed by atoms with Gasteiger partial charge in [-0.2, -0.15) is 0 Å². The highest BCUT2D eigenvalue weighted by molar-refractivity contribution is 6.10. The van der Waals surface area contributed by atoms with Crippen LogP contribution < -0.4 is 10.6 Å². The fourth-order valence-corrected chi connectivity index (χ4v) is 3.01. The molecule has 1 aliphatic rings. The molecule has 1 heterocycles. The summed E-state index contributed by atoms with van der Waals surface area (Å²) in [5.41, 5.74) is 2.72. The minimum absolute atomic E-state index is 0.0700. The zero-order valence-corrected chi connectivity index (χ0v) is 16.6. The van der Waals surface area contributed by atoms with E-state index in [9.17, 15) is 9.59 Å². The third-order valence-electron chi connectivity index (χ3n) is 4.56. The maximum Gasteiger partial charge on any atom is 0.337 e. The summed E-state index contributed by atoms with van der Waals surface area (Å²) in [5, 5.41) is 5.99. The van der Waals surface area contributed by atoms with E-state index in [1.165, 1.54) is 7.11 Å². The summed E-state index contributed by atoms with van der Waals surface area (Å²) in [6, 6.07) is 14.1. The number of benzene rings is 2. The van der Waals surface area contributed by atoms with Crippen LogP contribution in [-0.4, -0.2) is 44.2 Å². The summed E-state index contributed by atoms with van der Waals surface area (Å²) >= 11 is 0. The molecular weight excluding hydrogens is 370 g/mol. The topological polar surface area (TPSA) is 89.0 Å². The number of aryl methyl sites for hydroxylation is 1. The molecule has 0 saturated carbocycles. The van der Waals surface area contributed by atoms with Gasteiger partial charge in [-0.15, -0.1) is 0 Å². The van der Waals surface area contributed by atoms with Gasteiger partial charge in [0, 0.05) is 17.9 Å². The smallest absolute Gasteiger partial charge is 0.337 e. The Bertz CT molecular complexity index is 887. The van der Waals surface area contributed by atoms with Crippen molar-refractivity contribution in [1.82, 2.24) is 5.32 Å². The Labute approximate surface area is 170 Å². The molecule has 1 amide bonds. The molecule has 1 aliphatic heterocycles. The van der Waals surface area contributed by atoms with Crippen molar-refractivity contribution in [3.8, 4) is 0 Å². The predicted octanol–water partition coefficient (Wildman–Crippen LogP) is 3.16. The standard InChI is InChI=1S/C22H25N3O4/c1-15-5-3-6-18(13-15)24-22(23-14-19-7-4-12-29-19)25-20(26)16-8-10-17(11-9-16)21(27)28-2/h3,5-6,8-11,13,19H,4,7,12,14H2,1-2H3,(H2,23,24,25,26). The number of hydrogen-bond donors (Lipinski definition) is 2. The van der Waals surface area contributed by atoms with Crippen LogP contribution in [0.2, 0.25) is 0 Å². The Morgan fingerprint density at radius 3 is 2.59 bits per heavy atom. The number of guanidine groups is 1. The number of esters is 1. The maximum atomic E-state index is 12.7. The summed E-state index contributed by atoms with van der Waals surface area (Å²) in [6.45, 7) is 3.21. The zero-order chi connectivity index (χ0) is 20.6. The molecule has 1 atom stereocenters. The number of aliphatic imine (C=N–C) groups is 1. The molecule has 0 spiro atoms. The van der Waals surface area contributed by atoms with E-state index in [4.69, 9.17) is 4.74 Å². The number of anilines is 1. The van der Waals surface area contributed by atoms with Crippen molar-refractivity contribution in [3.63, 3.8) is 0 Å². The highest BCUT2D eigenvalue weighted by Gasteiger charge is 2.16. The van der Waals surface area contributed by atoms with Crippen molar-refractivity contribution in [3.05, 3.63) is 65.2 Å². The molecule has 2 aromatic rings. The van der Waals surface area contributed by atoms with E-state index >= 15 is 0 Å². The number of amides is 1. The van der Waals surface area contributed by atoms with E-state index in [0.29, 0.717) is 23.6 Å². The Hall–Kier alpha value is -3.19. The largest absolute Gasteiger partial charge is 0.465 e. The summed E-state index contributed by atoms with van der Waals surface area (Å²) in [4.78, 5) is 28.8. The number of ether oxygens (including phenoxy) is 2. The van der Waals surface area contributed by atoms with Gasteiger partial charge in [0.25, 0.3) is 5.91 Å². The van der Waals surface area contributed by atoms with Crippen molar-refractivity contribution in [2.75, 3.05) is 25.6 Å². The summed E-state index contributed by atoms with van der Waals surface area (Å²) < 4.78 is 10.3. The molecular formula is C22H25N3O4. The number of hydrogen-bond acceptors (Lipinski definition) is 5. The van der Waals surface area contributed by atoms with Crippen LogP contribution in [0.15, 0.2) is 53.5 Å². The highest BCUT2D eigenvalue weighted by Crippen LogP contribution is 2.13. The number of nitrogens with one attached hydrogen (secondary N) is 2. The van der Waals surface area contributed by atoms with E-state index in [1.54, 1.807) is 24.3 Å². The molecule has 2 aromatic carbocycles. The van der Waals surface area contributed by atoms with E-state index in [0.717, 1.165) is 30.7 Å². The second-order valence-corrected chi connectivity index (χ2v) is 6.84. The van der Waals surface area contributed by atoms with Gasteiger partial charge >= 0.3 is 5.97 Å². The molecule has 29 heavy (non-hydrogen) atoms. The first kappa shape index (κ1) is 20.5. The van der Waals surface area contributed by atoms with Crippen molar-refractivity contribution < 1.29 is 19.1 Å². The van der Waals surface area contributed by atoms with Gasteiger partial charge in [0.15, 0.2) is 0 Å². The Balaban J connectivity index is 1.73. The molecule has 1 saturated heterocycles.